The summed E-state index contributed by atoms with van der Waals surface area (Å²) in [6, 6.07) is 10.1. The lowest BCUT2D eigenvalue weighted by Gasteiger charge is -2.27. The summed E-state index contributed by atoms with van der Waals surface area (Å²) in [4.78, 5) is 12.6. The fraction of sp³-hybridized carbons (Fsp3) is 0.552. The van der Waals surface area contributed by atoms with Gasteiger partial charge < -0.3 is 4.74 Å². The fourth-order valence-electron chi connectivity index (χ4n) is 4.88. The van der Waals surface area contributed by atoms with Crippen molar-refractivity contribution in [3.8, 4) is 16.9 Å². The van der Waals surface area contributed by atoms with Gasteiger partial charge in [-0.25, -0.2) is 8.78 Å². The zero-order valence-electron chi connectivity index (χ0n) is 20.0. The van der Waals surface area contributed by atoms with Crippen LogP contribution < -0.4 is 4.74 Å². The minimum atomic E-state index is -0.485. The van der Waals surface area contributed by atoms with Gasteiger partial charge in [0.1, 0.15) is 17.4 Å². The monoisotopic (exact) mass is 456 g/mol. The first kappa shape index (κ1) is 25.4. The van der Waals surface area contributed by atoms with Crippen molar-refractivity contribution in [3.63, 3.8) is 0 Å². The van der Waals surface area contributed by atoms with Gasteiger partial charge in [0.15, 0.2) is 0 Å². The van der Waals surface area contributed by atoms with Gasteiger partial charge in [-0.1, -0.05) is 76.8 Å². The molecule has 180 valence electrons. The largest absolute Gasteiger partial charge is 0.426 e. The predicted molar refractivity (Wildman–Crippen MR) is 130 cm³/mol. The smallest absolute Gasteiger partial charge is 0.314 e. The SMILES string of the molecule is CCCCCCCCCC[C@H]1CC[C@H](C(=O)Oc2ccc(-c3ccc(F)cc3)c(F)c2)CC1. The maximum atomic E-state index is 14.5. The Bertz CT molecular complexity index is 854. The Morgan fingerprint density at radius 1 is 0.848 bits per heavy atom. The zero-order valence-corrected chi connectivity index (χ0v) is 20.0. The molecule has 0 unspecified atom stereocenters. The second-order valence-electron chi connectivity index (χ2n) is 9.55. The topological polar surface area (TPSA) is 26.3 Å². The molecule has 3 rings (SSSR count). The zero-order chi connectivity index (χ0) is 23.5. The molecule has 1 aliphatic carbocycles. The summed E-state index contributed by atoms with van der Waals surface area (Å²) in [6.07, 6.45) is 15.9. The molecule has 1 aliphatic rings. The maximum absolute atomic E-state index is 14.5. The molecule has 33 heavy (non-hydrogen) atoms. The van der Waals surface area contributed by atoms with Crippen LogP contribution in [0, 0.1) is 23.5 Å². The first-order valence-corrected chi connectivity index (χ1v) is 12.8. The van der Waals surface area contributed by atoms with Crippen LogP contribution in [0.15, 0.2) is 42.5 Å². The van der Waals surface area contributed by atoms with Gasteiger partial charge in [0, 0.05) is 11.6 Å². The molecule has 0 atom stereocenters. The van der Waals surface area contributed by atoms with Crippen LogP contribution in [0.5, 0.6) is 5.75 Å². The summed E-state index contributed by atoms with van der Waals surface area (Å²) in [6.45, 7) is 2.25. The third-order valence-corrected chi connectivity index (χ3v) is 6.96. The predicted octanol–water partition coefficient (Wildman–Crippen LogP) is 8.87. The molecule has 2 aromatic carbocycles. The summed E-state index contributed by atoms with van der Waals surface area (Å²) in [5.74, 6) is -0.252. The van der Waals surface area contributed by atoms with Crippen LogP contribution in [0.25, 0.3) is 11.1 Å². The summed E-state index contributed by atoms with van der Waals surface area (Å²) < 4.78 is 33.1. The minimum Gasteiger partial charge on any atom is -0.426 e. The third kappa shape index (κ3) is 8.24. The molecule has 2 nitrogen and oxygen atoms in total. The molecule has 0 amide bonds. The van der Waals surface area contributed by atoms with Crippen LogP contribution in [0.3, 0.4) is 0 Å². The van der Waals surface area contributed by atoms with Gasteiger partial charge in [0.25, 0.3) is 0 Å². The van der Waals surface area contributed by atoms with Gasteiger partial charge >= 0.3 is 5.97 Å². The highest BCUT2D eigenvalue weighted by Crippen LogP contribution is 2.34. The van der Waals surface area contributed by atoms with Gasteiger partial charge in [0.2, 0.25) is 0 Å². The molecule has 0 saturated heterocycles. The lowest BCUT2D eigenvalue weighted by molar-refractivity contribution is -0.140. The number of halogens is 2. The average molecular weight is 457 g/mol. The van der Waals surface area contributed by atoms with Gasteiger partial charge in [-0.2, -0.15) is 0 Å². The number of carbonyl (C=O) groups excluding carboxylic acids is 1. The van der Waals surface area contributed by atoms with Crippen LogP contribution in [-0.4, -0.2) is 5.97 Å². The average Bonchev–Trinajstić information content (AvgIpc) is 2.82. The molecule has 1 fully saturated rings. The second kappa shape index (κ2) is 13.5. The van der Waals surface area contributed by atoms with Gasteiger partial charge in [-0.05, 0) is 61.4 Å². The number of ether oxygens (including phenoxy) is 1. The molecule has 0 heterocycles. The van der Waals surface area contributed by atoms with Gasteiger partial charge in [-0.15, -0.1) is 0 Å². The van der Waals surface area contributed by atoms with Crippen LogP contribution in [-0.2, 0) is 4.79 Å². The van der Waals surface area contributed by atoms with E-state index in [4.69, 9.17) is 4.74 Å². The lowest BCUT2D eigenvalue weighted by Crippen LogP contribution is -2.25. The van der Waals surface area contributed by atoms with Crippen molar-refractivity contribution in [2.75, 3.05) is 0 Å². The molecule has 1 saturated carbocycles. The Labute approximate surface area is 197 Å². The van der Waals surface area contributed by atoms with Crippen LogP contribution >= 0.6 is 0 Å². The second-order valence-corrected chi connectivity index (χ2v) is 9.55. The van der Waals surface area contributed by atoms with E-state index in [1.54, 1.807) is 12.1 Å². The highest BCUT2D eigenvalue weighted by molar-refractivity contribution is 5.75. The van der Waals surface area contributed by atoms with E-state index in [2.05, 4.69) is 6.92 Å². The van der Waals surface area contributed by atoms with Crippen LogP contribution in [0.1, 0.15) is 90.4 Å². The summed E-state index contributed by atoms with van der Waals surface area (Å²) in [5.41, 5.74) is 0.942. The van der Waals surface area contributed by atoms with Crippen molar-refractivity contribution in [1.82, 2.24) is 0 Å². The first-order valence-electron chi connectivity index (χ1n) is 12.8. The van der Waals surface area contributed by atoms with E-state index in [0.29, 0.717) is 11.1 Å². The molecule has 0 aromatic heterocycles. The Kier molecular flexibility index (Phi) is 10.4. The van der Waals surface area contributed by atoms with E-state index in [1.807, 2.05) is 0 Å². The molecule has 0 bridgehead atoms. The van der Waals surface area contributed by atoms with E-state index < -0.39 is 5.82 Å². The molecule has 0 aliphatic heterocycles. The quantitative estimate of drug-likeness (QED) is 0.181. The third-order valence-electron chi connectivity index (χ3n) is 6.96. The van der Waals surface area contributed by atoms with E-state index in [0.717, 1.165) is 31.6 Å². The van der Waals surface area contributed by atoms with Crippen molar-refractivity contribution in [2.24, 2.45) is 11.8 Å². The van der Waals surface area contributed by atoms with Crippen molar-refractivity contribution in [1.29, 1.82) is 0 Å². The molecule has 0 radical (unpaired) electrons. The Hall–Kier alpha value is -2.23. The summed E-state index contributed by atoms with van der Waals surface area (Å²) >= 11 is 0. The van der Waals surface area contributed by atoms with Crippen molar-refractivity contribution < 1.29 is 18.3 Å². The molecule has 0 N–H and O–H groups in total. The molecule has 0 spiro atoms. The van der Waals surface area contributed by atoms with E-state index >= 15 is 0 Å². The van der Waals surface area contributed by atoms with E-state index in [1.165, 1.54) is 88.1 Å². The Morgan fingerprint density at radius 2 is 1.48 bits per heavy atom. The van der Waals surface area contributed by atoms with Crippen molar-refractivity contribution >= 4 is 5.97 Å². The number of rotatable bonds is 12. The lowest BCUT2D eigenvalue weighted by atomic mass is 9.79. The van der Waals surface area contributed by atoms with E-state index in [9.17, 15) is 13.6 Å². The van der Waals surface area contributed by atoms with Gasteiger partial charge in [-0.3, -0.25) is 4.79 Å². The molecule has 4 heteroatoms. The van der Waals surface area contributed by atoms with Crippen molar-refractivity contribution in [2.45, 2.75) is 90.4 Å². The number of hydrogen-bond acceptors (Lipinski definition) is 2. The number of carbonyl (C=O) groups is 1. The number of hydrogen-bond donors (Lipinski definition) is 0. The normalized spacial score (nSPS) is 18.3. The number of benzene rings is 2. The van der Waals surface area contributed by atoms with E-state index in [-0.39, 0.29) is 23.5 Å². The van der Waals surface area contributed by atoms with Crippen LogP contribution in [0.4, 0.5) is 8.78 Å². The maximum Gasteiger partial charge on any atom is 0.314 e. The standard InChI is InChI=1S/C29H38F2O2/c1-2-3-4-5-6-7-8-9-10-22-11-13-24(14-12-22)29(32)33-26-19-20-27(28(31)21-26)23-15-17-25(30)18-16-23/h15-22,24H,2-14H2,1H3/t22-,24-. The summed E-state index contributed by atoms with van der Waals surface area (Å²) in [7, 11) is 0. The van der Waals surface area contributed by atoms with Crippen molar-refractivity contribution in [3.05, 3.63) is 54.1 Å². The van der Waals surface area contributed by atoms with Crippen LogP contribution in [0.2, 0.25) is 0 Å². The minimum absolute atomic E-state index is 0.0975. The molecular formula is C29H38F2O2. The highest BCUT2D eigenvalue weighted by atomic mass is 19.1. The Balaban J connectivity index is 1.37. The van der Waals surface area contributed by atoms with Gasteiger partial charge in [0.05, 0.1) is 5.92 Å². The molecule has 2 aromatic rings. The Morgan fingerprint density at radius 3 is 2.12 bits per heavy atom. The fourth-order valence-corrected chi connectivity index (χ4v) is 4.88. The number of unbranched alkanes of at least 4 members (excludes halogenated alkanes) is 7. The number of esters is 1. The highest BCUT2D eigenvalue weighted by Gasteiger charge is 2.27. The molecular weight excluding hydrogens is 418 g/mol. The summed E-state index contributed by atoms with van der Waals surface area (Å²) in [5, 5.41) is 0. The first-order chi connectivity index (χ1) is 16.1.